The molecule has 0 aromatic carbocycles. The molecule has 0 bridgehead atoms. The Labute approximate surface area is 83.3 Å². The van der Waals surface area contributed by atoms with Crippen LogP contribution in [-0.4, -0.2) is 25.6 Å². The average molecular weight is 202 g/mol. The third-order valence-corrected chi connectivity index (χ3v) is 2.03. The Balaban J connectivity index is 2.23. The lowest BCUT2D eigenvalue weighted by Crippen LogP contribution is -1.86. The highest BCUT2D eigenvalue weighted by molar-refractivity contribution is 5.78. The van der Waals surface area contributed by atoms with E-state index >= 15 is 0 Å². The minimum Gasteiger partial charge on any atom is -0.394 e. The third-order valence-electron chi connectivity index (χ3n) is 2.03. The van der Waals surface area contributed by atoms with Crippen LogP contribution in [0.15, 0.2) is 23.0 Å². The van der Waals surface area contributed by atoms with Crippen LogP contribution in [0.25, 0.3) is 22.5 Å². The number of nitrogens with two attached hydrogens (primary N) is 1. The molecule has 3 aromatic heterocycles. The maximum Gasteiger partial charge on any atom is 0.201 e. The molecule has 0 spiro atoms. The molecule has 0 saturated heterocycles. The van der Waals surface area contributed by atoms with Crippen LogP contribution in [0.5, 0.6) is 0 Å². The number of nitrogens with zero attached hydrogens (tertiary/aromatic N) is 4. The number of anilines is 1. The molecule has 0 aliphatic rings. The van der Waals surface area contributed by atoms with E-state index in [1.165, 1.54) is 6.20 Å². The molecule has 3 rings (SSSR count). The third kappa shape index (κ3) is 1.13. The topological polar surface area (TPSA) is 107 Å². The molecule has 7 nitrogen and oxygen atoms in total. The summed E-state index contributed by atoms with van der Waals surface area (Å²) in [5.74, 6) is 0.493. The Morgan fingerprint density at radius 3 is 3.00 bits per heavy atom. The fourth-order valence-electron chi connectivity index (χ4n) is 1.33. The second-order valence-electron chi connectivity index (χ2n) is 3.00. The Morgan fingerprint density at radius 1 is 1.27 bits per heavy atom. The monoisotopic (exact) mass is 202 g/mol. The Bertz CT molecular complexity index is 612. The highest BCUT2D eigenvalue weighted by atomic mass is 16.5. The maximum atomic E-state index is 5.66. The molecule has 74 valence electrons. The van der Waals surface area contributed by atoms with E-state index < -0.39 is 0 Å². The van der Waals surface area contributed by atoms with Crippen molar-refractivity contribution in [3.05, 3.63) is 18.5 Å². The fraction of sp³-hybridized carbons (Fsp3) is 0. The Hall–Kier alpha value is -2.44. The van der Waals surface area contributed by atoms with Gasteiger partial charge in [0.15, 0.2) is 5.76 Å². The minimum atomic E-state index is 0.472. The summed E-state index contributed by atoms with van der Waals surface area (Å²) < 4.78 is 5.00. The van der Waals surface area contributed by atoms with Crippen molar-refractivity contribution in [1.29, 1.82) is 0 Å². The highest BCUT2D eigenvalue weighted by Crippen LogP contribution is 2.25. The van der Waals surface area contributed by atoms with E-state index in [1.54, 1.807) is 12.3 Å². The number of nitrogens with one attached hydrogen (secondary N) is 1. The van der Waals surface area contributed by atoms with Gasteiger partial charge < -0.3 is 10.3 Å². The zero-order valence-electron chi connectivity index (χ0n) is 7.51. The number of H-pyrrole nitrogens is 1. The van der Waals surface area contributed by atoms with Crippen LogP contribution < -0.4 is 5.73 Å². The molecular weight excluding hydrogens is 196 g/mol. The second-order valence-corrected chi connectivity index (χ2v) is 3.00. The number of hydrogen-bond acceptors (Lipinski definition) is 6. The summed E-state index contributed by atoms with van der Waals surface area (Å²) in [6.45, 7) is 0. The van der Waals surface area contributed by atoms with Gasteiger partial charge in [0, 0.05) is 11.8 Å². The van der Waals surface area contributed by atoms with Crippen molar-refractivity contribution in [2.45, 2.75) is 0 Å². The molecule has 3 aromatic rings. The molecule has 7 heteroatoms. The number of pyridine rings is 1. The van der Waals surface area contributed by atoms with Crippen LogP contribution in [0.2, 0.25) is 0 Å². The predicted octanol–water partition coefficient (Wildman–Crippen LogP) is 0.590. The molecule has 0 saturated carbocycles. The first-order valence-electron chi connectivity index (χ1n) is 4.21. The molecule has 0 fully saturated rings. The Kier molecular flexibility index (Phi) is 1.46. The van der Waals surface area contributed by atoms with Crippen molar-refractivity contribution in [2.24, 2.45) is 0 Å². The summed E-state index contributed by atoms with van der Waals surface area (Å²) in [7, 11) is 0. The number of hydrogen-bond donors (Lipinski definition) is 2. The molecule has 0 unspecified atom stereocenters. The predicted molar refractivity (Wildman–Crippen MR) is 51.6 cm³/mol. The molecular formula is C8H6N6O. The first-order valence-corrected chi connectivity index (χ1v) is 4.21. The van der Waals surface area contributed by atoms with E-state index in [9.17, 15) is 0 Å². The number of nitrogen functional groups attached to an aromatic ring is 1. The lowest BCUT2D eigenvalue weighted by Gasteiger charge is -1.95. The van der Waals surface area contributed by atoms with Gasteiger partial charge in [0.25, 0.3) is 0 Å². The molecule has 0 amide bonds. The summed E-state index contributed by atoms with van der Waals surface area (Å²) in [5, 5.41) is 13.8. The van der Waals surface area contributed by atoms with Crippen LogP contribution in [0.3, 0.4) is 0 Å². The second kappa shape index (κ2) is 2.77. The van der Waals surface area contributed by atoms with E-state index in [0.717, 1.165) is 5.56 Å². The minimum absolute atomic E-state index is 0.472. The normalized spacial score (nSPS) is 10.9. The van der Waals surface area contributed by atoms with Crippen molar-refractivity contribution in [1.82, 2.24) is 25.6 Å². The van der Waals surface area contributed by atoms with Crippen molar-refractivity contribution in [3.63, 3.8) is 0 Å². The van der Waals surface area contributed by atoms with Crippen molar-refractivity contribution < 1.29 is 4.52 Å². The summed E-state index contributed by atoms with van der Waals surface area (Å²) in [6.07, 6.45) is 3.06. The van der Waals surface area contributed by atoms with Crippen LogP contribution in [-0.2, 0) is 0 Å². The van der Waals surface area contributed by atoms with Crippen molar-refractivity contribution in [3.8, 4) is 11.3 Å². The summed E-state index contributed by atoms with van der Waals surface area (Å²) >= 11 is 0. The molecule has 3 N–H and O–H groups in total. The van der Waals surface area contributed by atoms with Crippen LogP contribution in [0.1, 0.15) is 0 Å². The maximum absolute atomic E-state index is 5.66. The van der Waals surface area contributed by atoms with E-state index in [1.807, 2.05) is 0 Å². The van der Waals surface area contributed by atoms with Crippen molar-refractivity contribution in [2.75, 3.05) is 5.73 Å². The molecule has 0 atom stereocenters. The van der Waals surface area contributed by atoms with Gasteiger partial charge >= 0.3 is 0 Å². The van der Waals surface area contributed by atoms with Crippen LogP contribution in [0.4, 0.5) is 5.69 Å². The molecule has 0 aliphatic heterocycles. The number of rotatable bonds is 1. The zero-order valence-corrected chi connectivity index (χ0v) is 7.51. The largest absolute Gasteiger partial charge is 0.394 e. The van der Waals surface area contributed by atoms with Crippen molar-refractivity contribution >= 4 is 16.9 Å². The van der Waals surface area contributed by atoms with Gasteiger partial charge in [-0.05, 0) is 6.07 Å². The lowest BCUT2D eigenvalue weighted by molar-refractivity contribution is 0.432. The molecule has 0 radical (unpaired) electrons. The van der Waals surface area contributed by atoms with E-state index in [0.29, 0.717) is 22.6 Å². The number of aromatic amines is 1. The zero-order chi connectivity index (χ0) is 10.3. The first kappa shape index (κ1) is 7.92. The average Bonchev–Trinajstić information content (AvgIpc) is 2.84. The Morgan fingerprint density at radius 2 is 2.20 bits per heavy atom. The number of fused-ring (bicyclic) bond motifs is 1. The molecule has 3 heterocycles. The van der Waals surface area contributed by atoms with E-state index in [-0.39, 0.29) is 0 Å². The van der Waals surface area contributed by atoms with Gasteiger partial charge in [-0.15, -0.1) is 5.10 Å². The van der Waals surface area contributed by atoms with Gasteiger partial charge in [-0.2, -0.15) is 10.3 Å². The van der Waals surface area contributed by atoms with E-state index in [4.69, 9.17) is 10.3 Å². The van der Waals surface area contributed by atoms with E-state index in [2.05, 4.69) is 25.6 Å². The number of aromatic nitrogens is 5. The fourth-order valence-corrected chi connectivity index (χ4v) is 1.33. The van der Waals surface area contributed by atoms with Crippen LogP contribution >= 0.6 is 0 Å². The summed E-state index contributed by atoms with van der Waals surface area (Å²) in [6, 6.07) is 1.78. The lowest BCUT2D eigenvalue weighted by atomic mass is 10.2. The van der Waals surface area contributed by atoms with Gasteiger partial charge in [0.1, 0.15) is 11.2 Å². The standard InChI is InChI=1S/C8H6N6O/c9-5-3-11-15-7(5)4-1-6-8(10-2-4)13-14-12-6/h1-3H,9H2,(H,10,12,13,14). The van der Waals surface area contributed by atoms with Gasteiger partial charge in [0.2, 0.25) is 5.65 Å². The smallest absolute Gasteiger partial charge is 0.201 e. The van der Waals surface area contributed by atoms with Gasteiger partial charge in [0.05, 0.1) is 6.20 Å². The highest BCUT2D eigenvalue weighted by Gasteiger charge is 2.10. The quantitative estimate of drug-likeness (QED) is 0.598. The molecule has 15 heavy (non-hydrogen) atoms. The van der Waals surface area contributed by atoms with Gasteiger partial charge in [-0.25, -0.2) is 4.98 Å². The van der Waals surface area contributed by atoms with Gasteiger partial charge in [-0.3, -0.25) is 0 Å². The van der Waals surface area contributed by atoms with Crippen LogP contribution in [0, 0.1) is 0 Å². The van der Waals surface area contributed by atoms with Gasteiger partial charge in [-0.1, -0.05) is 5.16 Å². The SMILES string of the molecule is Nc1cnoc1-c1cnc2n[nH]nc2c1. The first-order chi connectivity index (χ1) is 7.34. The summed E-state index contributed by atoms with van der Waals surface area (Å²) in [5.41, 5.74) is 8.07. The molecule has 0 aliphatic carbocycles. The summed E-state index contributed by atoms with van der Waals surface area (Å²) in [4.78, 5) is 4.09.